The number of hydrogen-bond acceptors (Lipinski definition) is 4. The summed E-state index contributed by atoms with van der Waals surface area (Å²) in [7, 11) is 0. The summed E-state index contributed by atoms with van der Waals surface area (Å²) >= 11 is 0. The van der Waals surface area contributed by atoms with Crippen LogP contribution in [0.4, 0.5) is 13.2 Å². The average Bonchev–Trinajstić information content (AvgIpc) is 3.06. The number of fused-ring (bicyclic) bond motifs is 1. The molecule has 4 heterocycles. The minimum atomic E-state index is -4.50. The third-order valence-electron chi connectivity index (χ3n) is 3.70. The predicted octanol–water partition coefficient (Wildman–Crippen LogP) is 4.63. The number of alkyl halides is 3. The molecule has 0 aliphatic rings. The van der Waals surface area contributed by atoms with E-state index in [1.54, 1.807) is 22.9 Å². The highest BCUT2D eigenvalue weighted by Gasteiger charge is 2.32. The first kappa shape index (κ1) is 16.1. The molecule has 0 aliphatic carbocycles. The zero-order valence-corrected chi connectivity index (χ0v) is 13.2. The lowest BCUT2D eigenvalue weighted by Gasteiger charge is -2.12. The molecular formula is C18H11F3N4O. The van der Waals surface area contributed by atoms with Crippen molar-refractivity contribution < 1.29 is 17.9 Å². The zero-order valence-electron chi connectivity index (χ0n) is 13.2. The van der Waals surface area contributed by atoms with Crippen LogP contribution in [0.2, 0.25) is 0 Å². The Balaban J connectivity index is 1.71. The van der Waals surface area contributed by atoms with Crippen molar-refractivity contribution in [3.63, 3.8) is 0 Å². The van der Waals surface area contributed by atoms with Gasteiger partial charge in [-0.2, -0.15) is 13.2 Å². The van der Waals surface area contributed by atoms with Crippen molar-refractivity contribution in [2.45, 2.75) is 6.18 Å². The third kappa shape index (κ3) is 2.97. The number of rotatable bonds is 3. The number of aromatic nitrogens is 4. The SMILES string of the molecule is FC(F)(F)c1ccc(Oc2ncccc2-n2ccc3cccnc32)cn1. The van der Waals surface area contributed by atoms with Crippen LogP contribution >= 0.6 is 0 Å². The topological polar surface area (TPSA) is 52.8 Å². The Morgan fingerprint density at radius 1 is 0.885 bits per heavy atom. The molecule has 0 aromatic carbocycles. The summed E-state index contributed by atoms with van der Waals surface area (Å²) in [6.45, 7) is 0. The first-order valence-corrected chi connectivity index (χ1v) is 7.61. The number of ether oxygens (including phenoxy) is 1. The predicted molar refractivity (Wildman–Crippen MR) is 88.2 cm³/mol. The summed E-state index contributed by atoms with van der Waals surface area (Å²) in [4.78, 5) is 11.9. The fourth-order valence-electron chi connectivity index (χ4n) is 2.52. The molecule has 0 N–H and O–H groups in total. The van der Waals surface area contributed by atoms with E-state index in [1.807, 2.05) is 24.4 Å². The standard InChI is InChI=1S/C18H11F3N4O/c19-18(20,21)15-6-5-13(11-24-15)26-17-14(4-2-9-23-17)25-10-7-12-3-1-8-22-16(12)25/h1-11H. The summed E-state index contributed by atoms with van der Waals surface area (Å²) in [5, 5.41) is 0.943. The van der Waals surface area contributed by atoms with E-state index < -0.39 is 11.9 Å². The van der Waals surface area contributed by atoms with Crippen molar-refractivity contribution in [3.8, 4) is 17.3 Å². The quantitative estimate of drug-likeness (QED) is 0.537. The van der Waals surface area contributed by atoms with Gasteiger partial charge in [0.25, 0.3) is 0 Å². The number of halogens is 3. The highest BCUT2D eigenvalue weighted by Crippen LogP contribution is 2.31. The van der Waals surface area contributed by atoms with Gasteiger partial charge in [0.15, 0.2) is 0 Å². The van der Waals surface area contributed by atoms with Crippen LogP contribution < -0.4 is 4.74 Å². The first-order valence-electron chi connectivity index (χ1n) is 7.61. The van der Waals surface area contributed by atoms with E-state index in [0.717, 1.165) is 23.3 Å². The maximum atomic E-state index is 12.6. The first-order chi connectivity index (χ1) is 12.5. The van der Waals surface area contributed by atoms with Gasteiger partial charge in [0.05, 0.1) is 6.20 Å². The second-order valence-corrected chi connectivity index (χ2v) is 5.41. The molecule has 0 fully saturated rings. The number of pyridine rings is 3. The molecular weight excluding hydrogens is 345 g/mol. The van der Waals surface area contributed by atoms with Crippen molar-refractivity contribution in [2.24, 2.45) is 0 Å². The van der Waals surface area contributed by atoms with E-state index in [-0.39, 0.29) is 11.6 Å². The van der Waals surface area contributed by atoms with Crippen molar-refractivity contribution in [1.29, 1.82) is 0 Å². The summed E-state index contributed by atoms with van der Waals surface area (Å²) in [6.07, 6.45) is 1.56. The van der Waals surface area contributed by atoms with Crippen LogP contribution in [0, 0.1) is 0 Å². The molecule has 0 unspecified atom stereocenters. The van der Waals surface area contributed by atoms with Gasteiger partial charge < -0.3 is 4.74 Å². The maximum absolute atomic E-state index is 12.6. The van der Waals surface area contributed by atoms with E-state index in [1.165, 1.54) is 12.3 Å². The molecule has 4 aromatic rings. The average molecular weight is 356 g/mol. The fraction of sp³-hybridized carbons (Fsp3) is 0.0556. The summed E-state index contributed by atoms with van der Waals surface area (Å²) in [5.41, 5.74) is 0.351. The van der Waals surface area contributed by atoms with Gasteiger partial charge in [-0.25, -0.2) is 15.0 Å². The second-order valence-electron chi connectivity index (χ2n) is 5.41. The lowest BCUT2D eigenvalue weighted by atomic mass is 10.3. The van der Waals surface area contributed by atoms with Crippen LogP contribution in [-0.4, -0.2) is 19.5 Å². The van der Waals surface area contributed by atoms with Gasteiger partial charge in [0, 0.05) is 24.0 Å². The molecule has 0 atom stereocenters. The largest absolute Gasteiger partial charge is 0.435 e. The van der Waals surface area contributed by atoms with Crippen molar-refractivity contribution in [2.75, 3.05) is 0 Å². The molecule has 0 saturated heterocycles. The molecule has 5 nitrogen and oxygen atoms in total. The minimum Gasteiger partial charge on any atom is -0.435 e. The molecule has 0 amide bonds. The molecule has 26 heavy (non-hydrogen) atoms. The fourth-order valence-corrected chi connectivity index (χ4v) is 2.52. The maximum Gasteiger partial charge on any atom is 0.433 e. The van der Waals surface area contributed by atoms with Crippen LogP contribution in [0.15, 0.2) is 67.3 Å². The lowest BCUT2D eigenvalue weighted by molar-refractivity contribution is -0.141. The Hall–Kier alpha value is -3.42. The van der Waals surface area contributed by atoms with Gasteiger partial charge in [-0.15, -0.1) is 0 Å². The molecule has 130 valence electrons. The number of nitrogens with zero attached hydrogens (tertiary/aromatic N) is 4. The Labute approximate surface area is 145 Å². The summed E-state index contributed by atoms with van der Waals surface area (Å²) in [5.74, 6) is 0.389. The number of hydrogen-bond donors (Lipinski definition) is 0. The third-order valence-corrected chi connectivity index (χ3v) is 3.70. The zero-order chi connectivity index (χ0) is 18.1. The molecule has 0 spiro atoms. The van der Waals surface area contributed by atoms with E-state index in [2.05, 4.69) is 15.0 Å². The minimum absolute atomic E-state index is 0.155. The van der Waals surface area contributed by atoms with Gasteiger partial charge in [0.2, 0.25) is 5.88 Å². The Kier molecular flexibility index (Phi) is 3.80. The molecule has 0 saturated carbocycles. The van der Waals surface area contributed by atoms with Crippen LogP contribution in [0.5, 0.6) is 11.6 Å². The highest BCUT2D eigenvalue weighted by molar-refractivity contribution is 5.78. The van der Waals surface area contributed by atoms with Crippen molar-refractivity contribution in [3.05, 3.63) is 72.9 Å². The molecule has 4 aromatic heterocycles. The van der Waals surface area contributed by atoms with Gasteiger partial charge >= 0.3 is 6.18 Å². The normalized spacial score (nSPS) is 11.7. The molecule has 4 rings (SSSR count). The monoisotopic (exact) mass is 356 g/mol. The van der Waals surface area contributed by atoms with E-state index in [4.69, 9.17) is 4.74 Å². The van der Waals surface area contributed by atoms with Gasteiger partial charge in [-0.1, -0.05) is 0 Å². The highest BCUT2D eigenvalue weighted by atomic mass is 19.4. The molecule has 0 bridgehead atoms. The van der Waals surface area contributed by atoms with Gasteiger partial charge in [0.1, 0.15) is 22.8 Å². The van der Waals surface area contributed by atoms with Crippen molar-refractivity contribution >= 4 is 11.0 Å². The van der Waals surface area contributed by atoms with Crippen LogP contribution in [0.1, 0.15) is 5.69 Å². The molecule has 8 heteroatoms. The summed E-state index contributed by atoms with van der Waals surface area (Å²) in [6, 6.07) is 11.3. The van der Waals surface area contributed by atoms with Crippen LogP contribution in [0.25, 0.3) is 16.7 Å². The van der Waals surface area contributed by atoms with Gasteiger partial charge in [-0.05, 0) is 42.5 Å². The van der Waals surface area contributed by atoms with Gasteiger partial charge in [-0.3, -0.25) is 4.57 Å². The van der Waals surface area contributed by atoms with Crippen LogP contribution in [-0.2, 0) is 6.18 Å². The Morgan fingerprint density at radius 3 is 2.46 bits per heavy atom. The van der Waals surface area contributed by atoms with Crippen molar-refractivity contribution in [1.82, 2.24) is 19.5 Å². The van der Waals surface area contributed by atoms with E-state index >= 15 is 0 Å². The van der Waals surface area contributed by atoms with E-state index in [0.29, 0.717) is 5.69 Å². The van der Waals surface area contributed by atoms with Crippen LogP contribution in [0.3, 0.4) is 0 Å². The Bertz CT molecular complexity index is 1060. The second kappa shape index (κ2) is 6.14. The molecule has 0 aliphatic heterocycles. The smallest absolute Gasteiger partial charge is 0.433 e. The molecule has 0 radical (unpaired) electrons. The summed E-state index contributed by atoms with van der Waals surface area (Å²) < 4.78 is 45.3. The lowest BCUT2D eigenvalue weighted by Crippen LogP contribution is -2.07. The van der Waals surface area contributed by atoms with E-state index in [9.17, 15) is 13.2 Å². The Morgan fingerprint density at radius 2 is 1.69 bits per heavy atom.